The highest BCUT2D eigenvalue weighted by Gasteiger charge is 2.42. The lowest BCUT2D eigenvalue weighted by Gasteiger charge is -2.43. The molecule has 0 aromatic heterocycles. The van der Waals surface area contributed by atoms with E-state index >= 15 is 0 Å². The van der Waals surface area contributed by atoms with E-state index in [-0.39, 0.29) is 29.1 Å². The van der Waals surface area contributed by atoms with E-state index in [0.29, 0.717) is 15.6 Å². The van der Waals surface area contributed by atoms with Crippen LogP contribution in [0.1, 0.15) is 49.4 Å². The van der Waals surface area contributed by atoms with Crippen LogP contribution in [0.3, 0.4) is 0 Å². The molecule has 1 saturated heterocycles. The second-order valence-electron chi connectivity index (χ2n) is 8.02. The number of carbonyl (C=O) groups excluding carboxylic acids is 1. The van der Waals surface area contributed by atoms with Gasteiger partial charge in [-0.2, -0.15) is 0 Å². The third-order valence-electron chi connectivity index (χ3n) is 6.19. The number of aryl methyl sites for hydroxylation is 1. The molecule has 2 unspecified atom stereocenters. The molecule has 0 radical (unpaired) electrons. The second-order valence-corrected chi connectivity index (χ2v) is 8.90. The molecule has 156 valence electrons. The highest BCUT2D eigenvalue weighted by atomic mass is 35.5. The number of nitrogens with one attached hydrogen (secondary N) is 2. The minimum absolute atomic E-state index is 0.0301. The molecule has 0 saturated carbocycles. The van der Waals surface area contributed by atoms with E-state index in [4.69, 9.17) is 23.2 Å². The van der Waals surface area contributed by atoms with Gasteiger partial charge in [-0.25, -0.2) is 4.39 Å². The predicted octanol–water partition coefficient (Wildman–Crippen LogP) is 5.58. The average Bonchev–Trinajstić information content (AvgIpc) is 2.69. The van der Waals surface area contributed by atoms with Gasteiger partial charge in [0.05, 0.1) is 6.04 Å². The van der Waals surface area contributed by atoms with Crippen LogP contribution in [0, 0.1) is 18.7 Å². The summed E-state index contributed by atoms with van der Waals surface area (Å²) in [4.78, 5) is 13.3. The lowest BCUT2D eigenvalue weighted by atomic mass is 9.64. The van der Waals surface area contributed by atoms with Gasteiger partial charge in [0.2, 0.25) is 5.91 Å². The first-order valence-electron chi connectivity index (χ1n) is 9.96. The maximum Gasteiger partial charge on any atom is 0.224 e. The van der Waals surface area contributed by atoms with E-state index in [1.807, 2.05) is 38.1 Å². The van der Waals surface area contributed by atoms with Crippen molar-refractivity contribution in [2.75, 3.05) is 13.1 Å². The number of carbonyl (C=O) groups is 1. The summed E-state index contributed by atoms with van der Waals surface area (Å²) in [6.45, 7) is 7.31. The summed E-state index contributed by atoms with van der Waals surface area (Å²) in [5, 5.41) is 7.57. The molecule has 3 nitrogen and oxygen atoms in total. The zero-order valence-electron chi connectivity index (χ0n) is 17.0. The number of hydrogen-bond acceptors (Lipinski definition) is 2. The van der Waals surface area contributed by atoms with Gasteiger partial charge in [0.15, 0.2) is 0 Å². The number of amides is 1. The highest BCUT2D eigenvalue weighted by Crippen LogP contribution is 2.41. The Bertz CT molecular complexity index is 876. The number of rotatable bonds is 5. The largest absolute Gasteiger partial charge is 0.349 e. The van der Waals surface area contributed by atoms with Crippen LogP contribution in [0.5, 0.6) is 0 Å². The van der Waals surface area contributed by atoms with Gasteiger partial charge in [-0.3, -0.25) is 4.79 Å². The van der Waals surface area contributed by atoms with Crippen LogP contribution >= 0.6 is 23.2 Å². The van der Waals surface area contributed by atoms with Crippen molar-refractivity contribution in [1.82, 2.24) is 10.6 Å². The Balaban J connectivity index is 1.86. The Hall–Kier alpha value is -1.62. The molecule has 2 atom stereocenters. The van der Waals surface area contributed by atoms with Crippen molar-refractivity contribution in [2.24, 2.45) is 5.92 Å². The minimum Gasteiger partial charge on any atom is -0.349 e. The summed E-state index contributed by atoms with van der Waals surface area (Å²) < 4.78 is 13.9. The molecule has 3 rings (SSSR count). The van der Waals surface area contributed by atoms with Gasteiger partial charge >= 0.3 is 0 Å². The van der Waals surface area contributed by atoms with Gasteiger partial charge in [0.25, 0.3) is 0 Å². The molecule has 0 aliphatic carbocycles. The van der Waals surface area contributed by atoms with Crippen LogP contribution in [0.25, 0.3) is 0 Å². The van der Waals surface area contributed by atoms with Gasteiger partial charge in [-0.1, -0.05) is 42.3 Å². The van der Waals surface area contributed by atoms with Crippen LogP contribution in [0.2, 0.25) is 10.0 Å². The topological polar surface area (TPSA) is 41.1 Å². The first kappa shape index (κ1) is 22.1. The van der Waals surface area contributed by atoms with Crippen LogP contribution in [0.4, 0.5) is 4.39 Å². The summed E-state index contributed by atoms with van der Waals surface area (Å²) in [6.07, 6.45) is 1.65. The fourth-order valence-electron chi connectivity index (χ4n) is 4.30. The quantitative estimate of drug-likeness (QED) is 0.642. The summed E-state index contributed by atoms with van der Waals surface area (Å²) in [5.74, 6) is -0.523. The standard InChI is InChI=1S/C23H27Cl2FN2O/c1-14-10-18(4-5-21(14)26)23(6-8-27-9-7-23)15(2)22(29)28-16(3)17-11-19(24)13-20(25)12-17/h4-5,10-13,15-16,27H,6-9H2,1-3H3,(H,28,29). The van der Waals surface area contributed by atoms with Crippen molar-refractivity contribution < 1.29 is 9.18 Å². The van der Waals surface area contributed by atoms with Crippen molar-refractivity contribution in [3.05, 3.63) is 69.0 Å². The molecule has 0 bridgehead atoms. The molecule has 2 aromatic carbocycles. The van der Waals surface area contributed by atoms with Crippen LogP contribution < -0.4 is 10.6 Å². The fraction of sp³-hybridized carbons (Fsp3) is 0.435. The van der Waals surface area contributed by atoms with Crippen molar-refractivity contribution in [3.8, 4) is 0 Å². The highest BCUT2D eigenvalue weighted by molar-refractivity contribution is 6.34. The maximum atomic E-state index is 13.9. The fourth-order valence-corrected chi connectivity index (χ4v) is 4.84. The van der Waals surface area contributed by atoms with Gasteiger partial charge in [-0.15, -0.1) is 0 Å². The van der Waals surface area contributed by atoms with Gasteiger partial charge in [0.1, 0.15) is 5.82 Å². The zero-order valence-corrected chi connectivity index (χ0v) is 18.5. The first-order valence-corrected chi connectivity index (χ1v) is 10.7. The van der Waals surface area contributed by atoms with Crippen molar-refractivity contribution in [1.29, 1.82) is 0 Å². The smallest absolute Gasteiger partial charge is 0.224 e. The maximum absolute atomic E-state index is 13.9. The van der Waals surface area contributed by atoms with E-state index in [9.17, 15) is 9.18 Å². The molecular weight excluding hydrogens is 410 g/mol. The van der Waals surface area contributed by atoms with Crippen molar-refractivity contribution >= 4 is 29.1 Å². The summed E-state index contributed by atoms with van der Waals surface area (Å²) >= 11 is 12.2. The van der Waals surface area contributed by atoms with Crippen LogP contribution in [-0.4, -0.2) is 19.0 Å². The molecular formula is C23H27Cl2FN2O. The van der Waals surface area contributed by atoms with Crippen molar-refractivity contribution in [2.45, 2.75) is 45.1 Å². The van der Waals surface area contributed by atoms with Crippen LogP contribution in [0.15, 0.2) is 36.4 Å². The van der Waals surface area contributed by atoms with E-state index in [1.165, 1.54) is 6.07 Å². The number of piperidine rings is 1. The lowest BCUT2D eigenvalue weighted by molar-refractivity contribution is -0.127. The minimum atomic E-state index is -0.334. The molecule has 1 heterocycles. The van der Waals surface area contributed by atoms with Gasteiger partial charge in [-0.05, 0) is 80.7 Å². The molecule has 1 aliphatic heterocycles. The molecule has 2 aromatic rings. The molecule has 29 heavy (non-hydrogen) atoms. The normalized spacial score (nSPS) is 18.1. The molecule has 0 spiro atoms. The molecule has 1 fully saturated rings. The lowest BCUT2D eigenvalue weighted by Crippen LogP contribution is -2.49. The zero-order chi connectivity index (χ0) is 21.2. The molecule has 6 heteroatoms. The summed E-state index contributed by atoms with van der Waals surface area (Å²) in [7, 11) is 0. The Kier molecular flexibility index (Phi) is 6.87. The molecule has 1 amide bonds. The van der Waals surface area contributed by atoms with Crippen molar-refractivity contribution in [3.63, 3.8) is 0 Å². The van der Waals surface area contributed by atoms with E-state index in [0.717, 1.165) is 37.1 Å². The third kappa shape index (κ3) is 4.76. The van der Waals surface area contributed by atoms with Gasteiger partial charge in [0, 0.05) is 21.4 Å². The summed E-state index contributed by atoms with van der Waals surface area (Å²) in [6, 6.07) is 10.3. The van der Waals surface area contributed by atoms with E-state index in [2.05, 4.69) is 10.6 Å². The van der Waals surface area contributed by atoms with E-state index < -0.39 is 0 Å². The first-order chi connectivity index (χ1) is 13.7. The monoisotopic (exact) mass is 436 g/mol. The van der Waals surface area contributed by atoms with Gasteiger partial charge < -0.3 is 10.6 Å². The molecule has 1 aliphatic rings. The number of halogens is 3. The van der Waals surface area contributed by atoms with Crippen LogP contribution in [-0.2, 0) is 10.2 Å². The average molecular weight is 437 g/mol. The Morgan fingerprint density at radius 1 is 1.10 bits per heavy atom. The number of hydrogen-bond donors (Lipinski definition) is 2. The number of benzene rings is 2. The Labute approximate surface area is 182 Å². The second kappa shape index (κ2) is 9.03. The predicted molar refractivity (Wildman–Crippen MR) is 117 cm³/mol. The molecule has 2 N–H and O–H groups in total. The van der Waals surface area contributed by atoms with E-state index in [1.54, 1.807) is 13.0 Å². The SMILES string of the molecule is Cc1cc(C2(C(C)C(=O)NC(C)c3cc(Cl)cc(Cl)c3)CCNCC2)ccc1F. The summed E-state index contributed by atoms with van der Waals surface area (Å²) in [5.41, 5.74) is 2.16. The Morgan fingerprint density at radius 2 is 1.72 bits per heavy atom. The Morgan fingerprint density at radius 3 is 2.31 bits per heavy atom. The third-order valence-corrected chi connectivity index (χ3v) is 6.63.